The molecule has 3 rings (SSSR count). The van der Waals surface area contributed by atoms with E-state index >= 15 is 0 Å². The number of hydrogen-bond donors (Lipinski definition) is 1. The zero-order chi connectivity index (χ0) is 16.1. The van der Waals surface area contributed by atoms with Crippen molar-refractivity contribution in [1.29, 1.82) is 0 Å². The van der Waals surface area contributed by atoms with Gasteiger partial charge >= 0.3 is 0 Å². The summed E-state index contributed by atoms with van der Waals surface area (Å²) in [5.41, 5.74) is 1.71. The molecule has 0 saturated carbocycles. The van der Waals surface area contributed by atoms with E-state index in [0.29, 0.717) is 12.3 Å². The van der Waals surface area contributed by atoms with Crippen LogP contribution in [0.15, 0.2) is 29.8 Å². The number of hydrogen-bond acceptors (Lipinski definition) is 5. The molecule has 2 aromatic rings. The van der Waals surface area contributed by atoms with Crippen LogP contribution in [0, 0.1) is 5.92 Å². The first-order valence-electron chi connectivity index (χ1n) is 8.04. The SMILES string of the molecule is CNCC1CCN(C(=O)Cc2csc(-c3ccccn3)n2)CC1.Cl.Cl. The van der Waals surface area contributed by atoms with Gasteiger partial charge in [-0.15, -0.1) is 36.2 Å². The quantitative estimate of drug-likeness (QED) is 0.834. The van der Waals surface area contributed by atoms with E-state index in [0.717, 1.165) is 48.9 Å². The number of likely N-dealkylation sites (tertiary alicyclic amines) is 1. The molecule has 0 radical (unpaired) electrons. The van der Waals surface area contributed by atoms with Crippen LogP contribution >= 0.6 is 36.2 Å². The van der Waals surface area contributed by atoms with Crippen LogP contribution in [-0.4, -0.2) is 47.5 Å². The third-order valence-electron chi connectivity index (χ3n) is 4.23. The molecule has 0 unspecified atom stereocenters. The van der Waals surface area contributed by atoms with Crippen LogP contribution in [0.2, 0.25) is 0 Å². The molecule has 1 N–H and O–H groups in total. The van der Waals surface area contributed by atoms with Gasteiger partial charge in [0.25, 0.3) is 0 Å². The summed E-state index contributed by atoms with van der Waals surface area (Å²) in [7, 11) is 1.99. The Morgan fingerprint density at radius 1 is 1.32 bits per heavy atom. The lowest BCUT2D eigenvalue weighted by molar-refractivity contribution is -0.131. The van der Waals surface area contributed by atoms with Gasteiger partial charge < -0.3 is 10.2 Å². The summed E-state index contributed by atoms with van der Waals surface area (Å²) in [5, 5.41) is 6.07. The number of carbonyl (C=O) groups is 1. The van der Waals surface area contributed by atoms with Crippen molar-refractivity contribution < 1.29 is 4.79 Å². The van der Waals surface area contributed by atoms with Gasteiger partial charge in [-0.25, -0.2) is 4.98 Å². The highest BCUT2D eigenvalue weighted by atomic mass is 35.5. The molecular formula is C17H24Cl2N4OS. The maximum absolute atomic E-state index is 12.4. The lowest BCUT2D eigenvalue weighted by Crippen LogP contribution is -2.41. The van der Waals surface area contributed by atoms with E-state index in [9.17, 15) is 4.79 Å². The number of halogens is 2. The summed E-state index contributed by atoms with van der Waals surface area (Å²) in [4.78, 5) is 23.3. The minimum absolute atomic E-state index is 0. The van der Waals surface area contributed by atoms with Crippen LogP contribution in [0.1, 0.15) is 18.5 Å². The lowest BCUT2D eigenvalue weighted by atomic mass is 9.96. The second kappa shape index (κ2) is 10.7. The van der Waals surface area contributed by atoms with Crippen LogP contribution in [0.3, 0.4) is 0 Å². The first-order chi connectivity index (χ1) is 11.3. The summed E-state index contributed by atoms with van der Waals surface area (Å²) >= 11 is 1.55. The maximum atomic E-state index is 12.4. The van der Waals surface area contributed by atoms with Crippen LogP contribution in [-0.2, 0) is 11.2 Å². The van der Waals surface area contributed by atoms with Gasteiger partial charge in [0.15, 0.2) is 0 Å². The van der Waals surface area contributed by atoms with Gasteiger partial charge in [0.05, 0.1) is 17.8 Å². The van der Waals surface area contributed by atoms with E-state index in [1.54, 1.807) is 17.5 Å². The zero-order valence-corrected chi connectivity index (χ0v) is 16.6. The van der Waals surface area contributed by atoms with E-state index in [1.807, 2.05) is 35.5 Å². The highest BCUT2D eigenvalue weighted by Crippen LogP contribution is 2.22. The first kappa shape index (κ1) is 21.8. The molecule has 3 heterocycles. The Morgan fingerprint density at radius 3 is 2.72 bits per heavy atom. The van der Waals surface area contributed by atoms with Crippen molar-refractivity contribution in [2.45, 2.75) is 19.3 Å². The van der Waals surface area contributed by atoms with Crippen molar-refractivity contribution in [2.75, 3.05) is 26.7 Å². The summed E-state index contributed by atoms with van der Waals surface area (Å²) in [6.45, 7) is 2.77. The molecule has 8 heteroatoms. The second-order valence-corrected chi connectivity index (χ2v) is 6.78. The fourth-order valence-electron chi connectivity index (χ4n) is 2.94. The van der Waals surface area contributed by atoms with Gasteiger partial charge in [0, 0.05) is 24.7 Å². The number of nitrogens with one attached hydrogen (secondary N) is 1. The lowest BCUT2D eigenvalue weighted by Gasteiger charge is -2.31. The highest BCUT2D eigenvalue weighted by Gasteiger charge is 2.23. The van der Waals surface area contributed by atoms with Gasteiger partial charge in [0.2, 0.25) is 5.91 Å². The summed E-state index contributed by atoms with van der Waals surface area (Å²) in [6, 6.07) is 5.78. The van der Waals surface area contributed by atoms with Crippen LogP contribution in [0.5, 0.6) is 0 Å². The molecule has 1 aliphatic heterocycles. The summed E-state index contributed by atoms with van der Waals surface area (Å²) in [5.74, 6) is 0.879. The molecule has 1 amide bonds. The zero-order valence-electron chi connectivity index (χ0n) is 14.2. The summed E-state index contributed by atoms with van der Waals surface area (Å²) in [6.07, 6.45) is 4.32. The molecule has 2 aromatic heterocycles. The van der Waals surface area contributed by atoms with Crippen molar-refractivity contribution >= 4 is 42.1 Å². The fraction of sp³-hybridized carbons (Fsp3) is 0.471. The predicted molar refractivity (Wildman–Crippen MR) is 107 cm³/mol. The number of aromatic nitrogens is 2. The molecule has 1 aliphatic rings. The average Bonchev–Trinajstić information content (AvgIpc) is 3.05. The molecule has 138 valence electrons. The van der Waals surface area contributed by atoms with E-state index in [2.05, 4.69) is 15.3 Å². The molecule has 1 fully saturated rings. The van der Waals surface area contributed by atoms with Crippen molar-refractivity contribution in [1.82, 2.24) is 20.2 Å². The Kier molecular flexibility index (Phi) is 9.35. The van der Waals surface area contributed by atoms with Crippen LogP contribution in [0.4, 0.5) is 0 Å². The topological polar surface area (TPSA) is 58.1 Å². The smallest absolute Gasteiger partial charge is 0.228 e. The number of rotatable bonds is 5. The van der Waals surface area contributed by atoms with E-state index < -0.39 is 0 Å². The molecule has 1 saturated heterocycles. The largest absolute Gasteiger partial charge is 0.342 e. The average molecular weight is 403 g/mol. The van der Waals surface area contributed by atoms with Gasteiger partial charge in [-0.1, -0.05) is 6.07 Å². The Bertz CT molecular complexity index is 645. The molecule has 0 atom stereocenters. The Morgan fingerprint density at radius 2 is 2.08 bits per heavy atom. The standard InChI is InChI=1S/C17H22N4OS.2ClH/c1-18-11-13-5-8-21(9-6-13)16(22)10-14-12-23-17(20-14)15-4-2-3-7-19-15;;/h2-4,7,12-13,18H,5-6,8-11H2,1H3;2*1H. The molecule has 0 aliphatic carbocycles. The Balaban J connectivity index is 0.00000156. The minimum Gasteiger partial charge on any atom is -0.342 e. The van der Waals surface area contributed by atoms with Crippen LogP contribution < -0.4 is 5.32 Å². The number of amides is 1. The third kappa shape index (κ3) is 5.92. The van der Waals surface area contributed by atoms with Gasteiger partial charge in [-0.3, -0.25) is 9.78 Å². The van der Waals surface area contributed by atoms with E-state index in [4.69, 9.17) is 0 Å². The number of nitrogens with zero attached hydrogens (tertiary/aromatic N) is 3. The van der Waals surface area contributed by atoms with Gasteiger partial charge in [-0.2, -0.15) is 0 Å². The van der Waals surface area contributed by atoms with Crippen molar-refractivity contribution in [2.24, 2.45) is 5.92 Å². The number of pyridine rings is 1. The number of piperidine rings is 1. The molecule has 25 heavy (non-hydrogen) atoms. The Labute approximate surface area is 165 Å². The molecule has 0 aromatic carbocycles. The minimum atomic E-state index is 0. The van der Waals surface area contributed by atoms with Gasteiger partial charge in [-0.05, 0) is 44.5 Å². The van der Waals surface area contributed by atoms with Crippen LogP contribution in [0.25, 0.3) is 10.7 Å². The van der Waals surface area contributed by atoms with E-state index in [-0.39, 0.29) is 30.7 Å². The maximum Gasteiger partial charge on any atom is 0.228 e. The third-order valence-corrected chi connectivity index (χ3v) is 5.14. The second-order valence-electron chi connectivity index (χ2n) is 5.92. The highest BCUT2D eigenvalue weighted by molar-refractivity contribution is 7.13. The van der Waals surface area contributed by atoms with Crippen molar-refractivity contribution in [3.63, 3.8) is 0 Å². The number of thiazole rings is 1. The molecule has 0 spiro atoms. The predicted octanol–water partition coefficient (Wildman–Crippen LogP) is 3.05. The molecule has 5 nitrogen and oxygen atoms in total. The van der Waals surface area contributed by atoms with Gasteiger partial charge in [0.1, 0.15) is 5.01 Å². The van der Waals surface area contributed by atoms with Crippen molar-refractivity contribution in [3.05, 3.63) is 35.5 Å². The molecular weight excluding hydrogens is 379 g/mol. The first-order valence-corrected chi connectivity index (χ1v) is 8.92. The number of carbonyl (C=O) groups excluding carboxylic acids is 1. The normalized spacial score (nSPS) is 14.5. The Hall–Kier alpha value is -1.21. The summed E-state index contributed by atoms with van der Waals surface area (Å²) < 4.78 is 0. The molecule has 0 bridgehead atoms. The monoisotopic (exact) mass is 402 g/mol. The van der Waals surface area contributed by atoms with Crippen molar-refractivity contribution in [3.8, 4) is 10.7 Å². The van der Waals surface area contributed by atoms with E-state index in [1.165, 1.54) is 0 Å². The fourth-order valence-corrected chi connectivity index (χ4v) is 3.73.